The second-order valence-corrected chi connectivity index (χ2v) is 6.32. The van der Waals surface area contributed by atoms with E-state index in [1.54, 1.807) is 0 Å². The summed E-state index contributed by atoms with van der Waals surface area (Å²) in [5.74, 6) is 1.35. The molecule has 0 radical (unpaired) electrons. The molecule has 1 aliphatic heterocycles. The maximum Gasteiger partial charge on any atom is 0.241 e. The Morgan fingerprint density at radius 2 is 2.17 bits per heavy atom. The zero-order chi connectivity index (χ0) is 16.4. The number of hydrogen-bond acceptors (Lipinski definition) is 5. The van der Waals surface area contributed by atoms with Crippen LogP contribution in [0.3, 0.4) is 0 Å². The molecule has 1 saturated heterocycles. The van der Waals surface area contributed by atoms with Crippen LogP contribution in [0.15, 0.2) is 47.2 Å². The van der Waals surface area contributed by atoms with Crippen molar-refractivity contribution in [1.82, 2.24) is 24.8 Å². The van der Waals surface area contributed by atoms with Crippen molar-refractivity contribution in [1.29, 1.82) is 0 Å². The lowest BCUT2D eigenvalue weighted by Gasteiger charge is -2.22. The summed E-state index contributed by atoms with van der Waals surface area (Å²) >= 11 is 0. The predicted octanol–water partition coefficient (Wildman–Crippen LogP) is 2.91. The molecule has 2 aromatic heterocycles. The lowest BCUT2D eigenvalue weighted by atomic mass is 10.1. The van der Waals surface area contributed by atoms with Crippen molar-refractivity contribution in [2.24, 2.45) is 0 Å². The normalized spacial score (nSPS) is 18.3. The molecule has 0 bridgehead atoms. The van der Waals surface area contributed by atoms with Crippen molar-refractivity contribution in [2.75, 3.05) is 6.54 Å². The smallest absolute Gasteiger partial charge is 0.241 e. The van der Waals surface area contributed by atoms with Gasteiger partial charge in [-0.05, 0) is 37.9 Å². The topological polar surface area (TPSA) is 60.0 Å². The Hall–Kier alpha value is -2.47. The fourth-order valence-electron chi connectivity index (χ4n) is 3.36. The third kappa shape index (κ3) is 3.10. The molecule has 0 spiro atoms. The first-order chi connectivity index (χ1) is 11.8. The molecule has 124 valence electrons. The van der Waals surface area contributed by atoms with Gasteiger partial charge in [-0.1, -0.05) is 29.4 Å². The van der Waals surface area contributed by atoms with Crippen LogP contribution in [-0.4, -0.2) is 37.4 Å². The van der Waals surface area contributed by atoms with Gasteiger partial charge >= 0.3 is 0 Å². The number of likely N-dealkylation sites (tertiary alicyclic amines) is 1. The van der Waals surface area contributed by atoms with Gasteiger partial charge in [-0.25, -0.2) is 0 Å². The van der Waals surface area contributed by atoms with E-state index in [0.717, 1.165) is 24.2 Å². The number of aryl methyl sites for hydroxylation is 1. The highest BCUT2D eigenvalue weighted by atomic mass is 16.5. The average Bonchev–Trinajstić information content (AvgIpc) is 3.32. The molecule has 1 aromatic carbocycles. The molecular weight excluding hydrogens is 302 g/mol. The Bertz CT molecular complexity index is 795. The third-order valence-corrected chi connectivity index (χ3v) is 4.65. The van der Waals surface area contributed by atoms with Gasteiger partial charge in [0.2, 0.25) is 11.7 Å². The highest BCUT2D eigenvalue weighted by Crippen LogP contribution is 2.23. The summed E-state index contributed by atoms with van der Waals surface area (Å²) in [6.07, 6.45) is 6.22. The van der Waals surface area contributed by atoms with Crippen molar-refractivity contribution in [3.63, 3.8) is 0 Å². The average molecular weight is 323 g/mol. The van der Waals surface area contributed by atoms with E-state index in [4.69, 9.17) is 4.52 Å². The molecule has 1 aliphatic rings. The lowest BCUT2D eigenvalue weighted by molar-refractivity contribution is 0.192. The number of hydrogen-bond donors (Lipinski definition) is 0. The van der Waals surface area contributed by atoms with Gasteiger partial charge < -0.3 is 4.52 Å². The van der Waals surface area contributed by atoms with Gasteiger partial charge in [-0.3, -0.25) is 9.58 Å². The van der Waals surface area contributed by atoms with Crippen molar-refractivity contribution >= 4 is 0 Å². The van der Waals surface area contributed by atoms with E-state index >= 15 is 0 Å². The van der Waals surface area contributed by atoms with Crippen molar-refractivity contribution in [3.05, 3.63) is 54.2 Å². The second-order valence-electron chi connectivity index (χ2n) is 6.32. The molecular formula is C18H21N5O. The molecule has 4 rings (SSSR count). The van der Waals surface area contributed by atoms with E-state index in [9.17, 15) is 0 Å². The molecule has 0 N–H and O–H groups in total. The molecule has 3 heterocycles. The molecule has 0 aliphatic carbocycles. The summed E-state index contributed by atoms with van der Waals surface area (Å²) < 4.78 is 7.49. The molecule has 1 fully saturated rings. The van der Waals surface area contributed by atoms with Crippen molar-refractivity contribution < 1.29 is 4.52 Å². The Morgan fingerprint density at radius 1 is 1.25 bits per heavy atom. The molecule has 0 unspecified atom stereocenters. The van der Waals surface area contributed by atoms with E-state index in [2.05, 4.69) is 33.1 Å². The lowest BCUT2D eigenvalue weighted by Crippen LogP contribution is -2.32. The number of rotatable bonds is 5. The zero-order valence-corrected chi connectivity index (χ0v) is 13.8. The molecule has 6 nitrogen and oxygen atoms in total. The van der Waals surface area contributed by atoms with Crippen LogP contribution in [0.5, 0.6) is 0 Å². The second kappa shape index (κ2) is 6.57. The van der Waals surface area contributed by atoms with Gasteiger partial charge in [-0.2, -0.15) is 10.1 Å². The molecule has 6 heteroatoms. The SMILES string of the molecule is Cc1ccccc1-c1noc(CN2CCC[C@H]2Cn2cccn2)n1. The summed E-state index contributed by atoms with van der Waals surface area (Å²) in [5, 5.41) is 8.47. The highest BCUT2D eigenvalue weighted by Gasteiger charge is 2.26. The van der Waals surface area contributed by atoms with E-state index in [-0.39, 0.29) is 0 Å². The largest absolute Gasteiger partial charge is 0.338 e. The monoisotopic (exact) mass is 323 g/mol. The third-order valence-electron chi connectivity index (χ3n) is 4.65. The quantitative estimate of drug-likeness (QED) is 0.722. The van der Waals surface area contributed by atoms with Gasteiger partial charge in [-0.15, -0.1) is 0 Å². The van der Waals surface area contributed by atoms with Crippen LogP contribution in [0.4, 0.5) is 0 Å². The van der Waals surface area contributed by atoms with Gasteiger partial charge in [0.25, 0.3) is 0 Å². The van der Waals surface area contributed by atoms with Crippen LogP contribution < -0.4 is 0 Å². The summed E-state index contributed by atoms with van der Waals surface area (Å²) in [6.45, 7) is 4.73. The molecule has 0 amide bonds. The maximum absolute atomic E-state index is 5.49. The minimum atomic E-state index is 0.471. The van der Waals surface area contributed by atoms with Crippen molar-refractivity contribution in [2.45, 2.75) is 38.9 Å². The minimum absolute atomic E-state index is 0.471. The van der Waals surface area contributed by atoms with Crippen LogP contribution in [-0.2, 0) is 13.1 Å². The van der Waals surface area contributed by atoms with Crippen LogP contribution in [0, 0.1) is 6.92 Å². The Kier molecular flexibility index (Phi) is 4.13. The maximum atomic E-state index is 5.49. The van der Waals surface area contributed by atoms with Crippen LogP contribution in [0.25, 0.3) is 11.4 Å². The Morgan fingerprint density at radius 3 is 3.00 bits per heavy atom. The summed E-state index contributed by atoms with van der Waals surface area (Å²) in [4.78, 5) is 7.01. The summed E-state index contributed by atoms with van der Waals surface area (Å²) in [5.41, 5.74) is 2.18. The standard InChI is InChI=1S/C18H21N5O/c1-14-6-2-3-8-16(14)18-20-17(24-21-18)13-22-10-4-7-15(22)12-23-11-5-9-19-23/h2-3,5-6,8-9,11,15H,4,7,10,12-13H2,1H3/t15-/m0/s1. The Balaban J connectivity index is 1.46. The first-order valence-electron chi connectivity index (χ1n) is 8.39. The van der Waals surface area contributed by atoms with Crippen LogP contribution in [0.2, 0.25) is 0 Å². The molecule has 3 aromatic rings. The molecule has 0 saturated carbocycles. The van der Waals surface area contributed by atoms with Gasteiger partial charge in [0.15, 0.2) is 0 Å². The van der Waals surface area contributed by atoms with Crippen LogP contribution >= 0.6 is 0 Å². The van der Waals surface area contributed by atoms with E-state index in [0.29, 0.717) is 24.3 Å². The first kappa shape index (κ1) is 15.1. The molecule has 1 atom stereocenters. The molecule has 24 heavy (non-hydrogen) atoms. The van der Waals surface area contributed by atoms with Gasteiger partial charge in [0.1, 0.15) is 0 Å². The fraction of sp³-hybridized carbons (Fsp3) is 0.389. The minimum Gasteiger partial charge on any atom is -0.338 e. The predicted molar refractivity (Wildman–Crippen MR) is 90.1 cm³/mol. The van der Waals surface area contributed by atoms with Gasteiger partial charge in [0.05, 0.1) is 13.1 Å². The van der Waals surface area contributed by atoms with E-state index < -0.39 is 0 Å². The highest BCUT2D eigenvalue weighted by molar-refractivity contribution is 5.58. The van der Waals surface area contributed by atoms with Gasteiger partial charge in [0, 0.05) is 24.0 Å². The van der Waals surface area contributed by atoms with Crippen molar-refractivity contribution in [3.8, 4) is 11.4 Å². The number of nitrogens with zero attached hydrogens (tertiary/aromatic N) is 5. The summed E-state index contributed by atoms with van der Waals surface area (Å²) in [6, 6.07) is 10.5. The first-order valence-corrected chi connectivity index (χ1v) is 8.39. The zero-order valence-electron chi connectivity index (χ0n) is 13.8. The Labute approximate surface area is 141 Å². The van der Waals surface area contributed by atoms with E-state index in [1.807, 2.05) is 41.3 Å². The fourth-order valence-corrected chi connectivity index (χ4v) is 3.36. The van der Waals surface area contributed by atoms with Crippen LogP contribution in [0.1, 0.15) is 24.3 Å². The number of benzene rings is 1. The number of aromatic nitrogens is 4. The van der Waals surface area contributed by atoms with E-state index in [1.165, 1.54) is 12.8 Å². The summed E-state index contributed by atoms with van der Waals surface area (Å²) in [7, 11) is 0.